The van der Waals surface area contributed by atoms with E-state index in [2.05, 4.69) is 0 Å². The summed E-state index contributed by atoms with van der Waals surface area (Å²) in [6, 6.07) is 16.2. The van der Waals surface area contributed by atoms with Gasteiger partial charge in [0.2, 0.25) is 5.91 Å². The lowest BCUT2D eigenvalue weighted by atomic mass is 9.98. The van der Waals surface area contributed by atoms with E-state index in [1.165, 1.54) is 0 Å². The van der Waals surface area contributed by atoms with E-state index in [1.54, 1.807) is 31.2 Å². The molecule has 0 aliphatic carbocycles. The molecule has 2 aromatic carbocycles. The van der Waals surface area contributed by atoms with Crippen molar-refractivity contribution < 1.29 is 19.1 Å². The smallest absolute Gasteiger partial charge is 0.326 e. The van der Waals surface area contributed by atoms with Crippen LogP contribution in [0.2, 0.25) is 0 Å². The van der Waals surface area contributed by atoms with Crippen molar-refractivity contribution in [1.29, 1.82) is 0 Å². The molecule has 5 nitrogen and oxygen atoms in total. The van der Waals surface area contributed by atoms with Crippen LogP contribution in [0.3, 0.4) is 0 Å². The quantitative estimate of drug-likeness (QED) is 0.641. The molecule has 0 unspecified atom stereocenters. The minimum atomic E-state index is -0.604. The van der Waals surface area contributed by atoms with Gasteiger partial charge >= 0.3 is 5.97 Å². The van der Waals surface area contributed by atoms with E-state index >= 15 is 0 Å². The molecule has 0 saturated carbocycles. The van der Waals surface area contributed by atoms with Crippen molar-refractivity contribution in [2.24, 2.45) is 0 Å². The molecule has 0 fully saturated rings. The number of benzene rings is 2. The topological polar surface area (TPSA) is 63.7 Å². The number of esters is 1. The second-order valence-electron chi connectivity index (χ2n) is 5.66. The van der Waals surface area contributed by atoms with E-state index in [0.717, 1.165) is 10.5 Å². The highest BCUT2D eigenvalue weighted by Gasteiger charge is 2.32. The van der Waals surface area contributed by atoms with E-state index in [0.29, 0.717) is 11.1 Å². The lowest BCUT2D eigenvalue weighted by Crippen LogP contribution is -2.45. The Morgan fingerprint density at radius 3 is 2.50 bits per heavy atom. The van der Waals surface area contributed by atoms with Gasteiger partial charge in [-0.1, -0.05) is 48.5 Å². The van der Waals surface area contributed by atoms with Crippen molar-refractivity contribution in [3.8, 4) is 0 Å². The van der Waals surface area contributed by atoms with Gasteiger partial charge in [-0.25, -0.2) is 0 Å². The van der Waals surface area contributed by atoms with E-state index in [1.807, 2.05) is 30.3 Å². The standard InChI is InChI=1S/C19H17NO4/c1-13(14-7-3-2-4-8-14)24-18(22)12-20-17(21)11-15-9-5-6-10-16(15)19(20)23/h2-10,13H,11-12H2,1H3/t13-/m0/s1. The number of rotatable bonds is 4. The summed E-state index contributed by atoms with van der Waals surface area (Å²) >= 11 is 0. The number of imide groups is 1. The molecule has 3 rings (SSSR count). The average Bonchev–Trinajstić information content (AvgIpc) is 2.59. The fourth-order valence-corrected chi connectivity index (χ4v) is 2.72. The third kappa shape index (κ3) is 3.20. The van der Waals surface area contributed by atoms with Gasteiger partial charge in [-0.15, -0.1) is 0 Å². The molecule has 0 spiro atoms. The molecule has 0 aromatic heterocycles. The molecular weight excluding hydrogens is 306 g/mol. The van der Waals surface area contributed by atoms with Gasteiger partial charge in [-0.05, 0) is 24.1 Å². The molecule has 1 aliphatic heterocycles. The Balaban J connectivity index is 1.68. The van der Waals surface area contributed by atoms with Gasteiger partial charge in [0.05, 0.1) is 6.42 Å². The summed E-state index contributed by atoms with van der Waals surface area (Å²) in [5.74, 6) is -1.44. The molecule has 122 valence electrons. The summed E-state index contributed by atoms with van der Waals surface area (Å²) in [5, 5.41) is 0. The average molecular weight is 323 g/mol. The minimum absolute atomic E-state index is 0.115. The van der Waals surface area contributed by atoms with Crippen LogP contribution in [0, 0.1) is 0 Å². The van der Waals surface area contributed by atoms with Gasteiger partial charge in [0.15, 0.2) is 0 Å². The third-order valence-corrected chi connectivity index (χ3v) is 4.00. The molecule has 5 heteroatoms. The number of amides is 2. The van der Waals surface area contributed by atoms with E-state index in [9.17, 15) is 14.4 Å². The van der Waals surface area contributed by atoms with Crippen LogP contribution in [0.15, 0.2) is 54.6 Å². The highest BCUT2D eigenvalue weighted by Crippen LogP contribution is 2.21. The minimum Gasteiger partial charge on any atom is -0.456 e. The fraction of sp³-hybridized carbons (Fsp3) is 0.211. The fourth-order valence-electron chi connectivity index (χ4n) is 2.72. The van der Waals surface area contributed by atoms with Crippen LogP contribution in [-0.2, 0) is 20.7 Å². The normalized spacial score (nSPS) is 15.0. The van der Waals surface area contributed by atoms with Crippen molar-refractivity contribution >= 4 is 17.8 Å². The van der Waals surface area contributed by atoms with Crippen LogP contribution in [0.4, 0.5) is 0 Å². The van der Waals surface area contributed by atoms with Gasteiger partial charge in [0, 0.05) is 5.56 Å². The van der Waals surface area contributed by atoms with E-state index < -0.39 is 18.0 Å². The SMILES string of the molecule is C[C@H](OC(=O)CN1C(=O)Cc2ccccc2C1=O)c1ccccc1. The molecular formula is C19H17NO4. The van der Waals surface area contributed by atoms with Gasteiger partial charge in [0.1, 0.15) is 12.6 Å². The van der Waals surface area contributed by atoms with Crippen molar-refractivity contribution in [2.75, 3.05) is 6.54 Å². The summed E-state index contributed by atoms with van der Waals surface area (Å²) in [4.78, 5) is 37.7. The van der Waals surface area contributed by atoms with Crippen LogP contribution in [0.5, 0.6) is 0 Å². The van der Waals surface area contributed by atoms with Gasteiger partial charge in [0.25, 0.3) is 5.91 Å². The largest absolute Gasteiger partial charge is 0.456 e. The van der Waals surface area contributed by atoms with Crippen LogP contribution < -0.4 is 0 Å². The first-order valence-corrected chi connectivity index (χ1v) is 7.73. The number of carbonyl (C=O) groups is 3. The van der Waals surface area contributed by atoms with E-state index in [-0.39, 0.29) is 18.9 Å². The van der Waals surface area contributed by atoms with Crippen molar-refractivity contribution in [1.82, 2.24) is 4.90 Å². The number of ether oxygens (including phenoxy) is 1. The molecule has 2 aromatic rings. The molecule has 0 N–H and O–H groups in total. The molecule has 1 atom stereocenters. The summed E-state index contributed by atoms with van der Waals surface area (Å²) in [6.07, 6.45) is -0.329. The zero-order valence-corrected chi connectivity index (χ0v) is 13.3. The number of nitrogens with zero attached hydrogens (tertiary/aromatic N) is 1. The van der Waals surface area contributed by atoms with E-state index in [4.69, 9.17) is 4.74 Å². The maximum absolute atomic E-state index is 12.4. The lowest BCUT2D eigenvalue weighted by Gasteiger charge is -2.26. The number of hydrogen-bond donors (Lipinski definition) is 0. The van der Waals surface area contributed by atoms with Crippen molar-refractivity contribution in [3.05, 3.63) is 71.3 Å². The first-order chi connectivity index (χ1) is 11.6. The Labute approximate surface area is 139 Å². The van der Waals surface area contributed by atoms with Crippen molar-refractivity contribution in [2.45, 2.75) is 19.4 Å². The lowest BCUT2D eigenvalue weighted by molar-refractivity contribution is -0.152. The Hall–Kier alpha value is -2.95. The highest BCUT2D eigenvalue weighted by atomic mass is 16.5. The molecule has 1 heterocycles. The monoisotopic (exact) mass is 323 g/mol. The second-order valence-corrected chi connectivity index (χ2v) is 5.66. The Morgan fingerprint density at radius 2 is 1.75 bits per heavy atom. The number of hydrogen-bond acceptors (Lipinski definition) is 4. The number of carbonyl (C=O) groups excluding carboxylic acids is 3. The number of fused-ring (bicyclic) bond motifs is 1. The first-order valence-electron chi connectivity index (χ1n) is 7.73. The summed E-state index contributed by atoms with van der Waals surface area (Å²) in [6.45, 7) is 1.38. The predicted molar refractivity (Wildman–Crippen MR) is 87.1 cm³/mol. The first kappa shape index (κ1) is 15.9. The maximum Gasteiger partial charge on any atom is 0.326 e. The van der Waals surface area contributed by atoms with Crippen LogP contribution in [0.25, 0.3) is 0 Å². The molecule has 0 bridgehead atoms. The zero-order chi connectivity index (χ0) is 17.1. The highest BCUT2D eigenvalue weighted by molar-refractivity contribution is 6.11. The maximum atomic E-state index is 12.4. The third-order valence-electron chi connectivity index (χ3n) is 4.00. The van der Waals surface area contributed by atoms with Crippen LogP contribution >= 0.6 is 0 Å². The van der Waals surface area contributed by atoms with Gasteiger partial charge < -0.3 is 4.74 Å². The van der Waals surface area contributed by atoms with Crippen molar-refractivity contribution in [3.63, 3.8) is 0 Å². The molecule has 0 saturated heterocycles. The molecule has 0 radical (unpaired) electrons. The molecule has 24 heavy (non-hydrogen) atoms. The summed E-state index contributed by atoms with van der Waals surface area (Å²) < 4.78 is 5.34. The predicted octanol–water partition coefficient (Wildman–Crippen LogP) is 2.52. The Morgan fingerprint density at radius 1 is 1.08 bits per heavy atom. The zero-order valence-electron chi connectivity index (χ0n) is 13.3. The van der Waals surface area contributed by atoms with Crippen LogP contribution in [0.1, 0.15) is 34.5 Å². The Bertz CT molecular complexity index is 785. The van der Waals surface area contributed by atoms with Crippen LogP contribution in [-0.4, -0.2) is 29.2 Å². The Kier molecular flexibility index (Phi) is 4.42. The molecule has 2 amide bonds. The van der Waals surface area contributed by atoms with Gasteiger partial charge in [-0.3, -0.25) is 19.3 Å². The summed E-state index contributed by atoms with van der Waals surface area (Å²) in [5.41, 5.74) is 2.00. The second kappa shape index (κ2) is 6.66. The molecule has 1 aliphatic rings. The van der Waals surface area contributed by atoms with Gasteiger partial charge in [-0.2, -0.15) is 0 Å². The summed E-state index contributed by atoms with van der Waals surface area (Å²) in [7, 11) is 0.